The van der Waals surface area contributed by atoms with E-state index in [2.05, 4.69) is 11.4 Å². The molecule has 2 unspecified atom stereocenters. The van der Waals surface area contributed by atoms with E-state index >= 15 is 0 Å². The molecule has 2 aliphatic rings. The number of nitrogens with zero attached hydrogens (tertiary/aromatic N) is 4. The number of amides is 4. The van der Waals surface area contributed by atoms with Gasteiger partial charge in [0.2, 0.25) is 5.91 Å². The molecule has 0 bridgehead atoms. The van der Waals surface area contributed by atoms with Gasteiger partial charge in [0.1, 0.15) is 5.54 Å². The molecule has 182 valence electrons. The Bertz CT molecular complexity index is 1200. The molecule has 1 spiro atoms. The van der Waals surface area contributed by atoms with E-state index in [0.29, 0.717) is 12.1 Å². The standard InChI is InChI=1S/C24H23Cl2N5O4/c1-29-23(35)31(19-9-17(25)8-18(26)10-19)22(34)24(29)14-30(13-21(33)28-6-7-32)12-20(24)16-4-2-15(11-27)3-5-16/h2-5,8-10,20,32H,6-7,12-14H2,1H3,(H,28,33). The number of rotatable bonds is 6. The minimum Gasteiger partial charge on any atom is -0.395 e. The Morgan fingerprint density at radius 2 is 1.86 bits per heavy atom. The Hall–Kier alpha value is -3.16. The zero-order valence-electron chi connectivity index (χ0n) is 18.9. The molecule has 0 radical (unpaired) electrons. The number of hydrogen-bond donors (Lipinski definition) is 2. The molecule has 2 aliphatic heterocycles. The van der Waals surface area contributed by atoms with E-state index in [1.807, 2.05) is 4.90 Å². The third-order valence-electron chi connectivity index (χ3n) is 6.48. The Morgan fingerprint density at radius 3 is 2.46 bits per heavy atom. The minimum atomic E-state index is -1.29. The molecular formula is C24H23Cl2N5O4. The summed E-state index contributed by atoms with van der Waals surface area (Å²) in [5.41, 5.74) is 0.204. The summed E-state index contributed by atoms with van der Waals surface area (Å²) in [6.07, 6.45) is 0. The van der Waals surface area contributed by atoms with E-state index in [4.69, 9.17) is 28.3 Å². The van der Waals surface area contributed by atoms with E-state index in [-0.39, 0.29) is 47.9 Å². The lowest BCUT2D eigenvalue weighted by Gasteiger charge is -2.34. The molecular weight excluding hydrogens is 493 g/mol. The number of halogens is 2. The fourth-order valence-corrected chi connectivity index (χ4v) is 5.38. The van der Waals surface area contributed by atoms with Crippen molar-refractivity contribution in [3.05, 3.63) is 63.6 Å². The van der Waals surface area contributed by atoms with Crippen LogP contribution in [0.15, 0.2) is 42.5 Å². The lowest BCUT2D eigenvalue weighted by atomic mass is 9.80. The highest BCUT2D eigenvalue weighted by Crippen LogP contribution is 2.46. The first-order valence-electron chi connectivity index (χ1n) is 10.9. The van der Waals surface area contributed by atoms with Gasteiger partial charge in [-0.25, -0.2) is 9.69 Å². The Morgan fingerprint density at radius 1 is 1.20 bits per heavy atom. The number of aliphatic hydroxyl groups excluding tert-OH is 1. The predicted molar refractivity (Wildman–Crippen MR) is 130 cm³/mol. The van der Waals surface area contributed by atoms with Crippen molar-refractivity contribution >= 4 is 46.7 Å². The van der Waals surface area contributed by atoms with E-state index in [1.165, 1.54) is 23.1 Å². The van der Waals surface area contributed by atoms with Crippen LogP contribution in [-0.4, -0.2) is 78.1 Å². The van der Waals surface area contributed by atoms with Crippen molar-refractivity contribution < 1.29 is 19.5 Å². The van der Waals surface area contributed by atoms with Crippen LogP contribution >= 0.6 is 23.2 Å². The number of carbonyl (C=O) groups is 3. The van der Waals surface area contributed by atoms with Gasteiger partial charge in [-0.3, -0.25) is 14.5 Å². The van der Waals surface area contributed by atoms with E-state index in [1.54, 1.807) is 31.3 Å². The van der Waals surface area contributed by atoms with Crippen molar-refractivity contribution in [3.8, 4) is 6.07 Å². The van der Waals surface area contributed by atoms with Gasteiger partial charge in [0, 0.05) is 42.6 Å². The second-order valence-corrected chi connectivity index (χ2v) is 9.44. The van der Waals surface area contributed by atoms with Gasteiger partial charge in [-0.15, -0.1) is 0 Å². The van der Waals surface area contributed by atoms with Gasteiger partial charge in [-0.1, -0.05) is 35.3 Å². The highest BCUT2D eigenvalue weighted by Gasteiger charge is 2.64. The van der Waals surface area contributed by atoms with Crippen LogP contribution in [0.4, 0.5) is 10.5 Å². The number of benzene rings is 2. The van der Waals surface area contributed by atoms with Crippen LogP contribution in [0.5, 0.6) is 0 Å². The van der Waals surface area contributed by atoms with Crippen LogP contribution in [0.1, 0.15) is 17.0 Å². The Kier molecular flexibility index (Phi) is 7.01. The molecule has 35 heavy (non-hydrogen) atoms. The molecule has 2 fully saturated rings. The molecule has 4 rings (SSSR count). The van der Waals surface area contributed by atoms with Gasteiger partial charge < -0.3 is 15.3 Å². The number of likely N-dealkylation sites (N-methyl/N-ethyl adjacent to an activating group) is 1. The number of anilines is 1. The highest BCUT2D eigenvalue weighted by atomic mass is 35.5. The van der Waals surface area contributed by atoms with Gasteiger partial charge in [-0.05, 0) is 35.9 Å². The molecule has 2 saturated heterocycles. The van der Waals surface area contributed by atoms with Crippen LogP contribution in [0.3, 0.4) is 0 Å². The van der Waals surface area contributed by atoms with Crippen molar-refractivity contribution in [3.63, 3.8) is 0 Å². The number of likely N-dealkylation sites (tertiary alicyclic amines) is 1. The molecule has 0 aliphatic carbocycles. The SMILES string of the molecule is CN1C(=O)N(c2cc(Cl)cc(Cl)c2)C(=O)C12CN(CC(=O)NCCO)CC2c1ccc(C#N)cc1. The number of aliphatic hydroxyl groups is 1. The normalized spacial score (nSPS) is 22.2. The molecule has 0 aromatic heterocycles. The second kappa shape index (κ2) is 9.84. The van der Waals surface area contributed by atoms with Gasteiger partial charge in [0.15, 0.2) is 0 Å². The molecule has 2 N–H and O–H groups in total. The minimum absolute atomic E-state index is 0.00711. The average molecular weight is 516 g/mol. The molecule has 2 aromatic carbocycles. The first-order valence-corrected chi connectivity index (χ1v) is 11.6. The van der Waals surface area contributed by atoms with Crippen molar-refractivity contribution in [1.82, 2.24) is 15.1 Å². The maximum absolute atomic E-state index is 14.0. The molecule has 2 heterocycles. The van der Waals surface area contributed by atoms with Crippen LogP contribution in [-0.2, 0) is 9.59 Å². The van der Waals surface area contributed by atoms with Crippen LogP contribution in [0.25, 0.3) is 0 Å². The number of imide groups is 1. The predicted octanol–water partition coefficient (Wildman–Crippen LogP) is 2.21. The van der Waals surface area contributed by atoms with Gasteiger partial charge in [0.25, 0.3) is 5.91 Å². The van der Waals surface area contributed by atoms with E-state index < -0.39 is 23.4 Å². The first-order chi connectivity index (χ1) is 16.7. The van der Waals surface area contributed by atoms with Gasteiger partial charge in [-0.2, -0.15) is 5.26 Å². The van der Waals surface area contributed by atoms with E-state index in [0.717, 1.165) is 10.5 Å². The molecule has 11 heteroatoms. The Labute approximate surface area is 212 Å². The van der Waals surface area contributed by atoms with Gasteiger partial charge in [0.05, 0.1) is 30.5 Å². The van der Waals surface area contributed by atoms with Crippen LogP contribution in [0, 0.1) is 11.3 Å². The fourth-order valence-electron chi connectivity index (χ4n) is 4.87. The summed E-state index contributed by atoms with van der Waals surface area (Å²) in [4.78, 5) is 44.1. The lowest BCUT2D eigenvalue weighted by Crippen LogP contribution is -2.54. The van der Waals surface area contributed by atoms with E-state index in [9.17, 15) is 19.6 Å². The zero-order chi connectivity index (χ0) is 25.3. The van der Waals surface area contributed by atoms with Crippen molar-refractivity contribution in [2.24, 2.45) is 0 Å². The number of urea groups is 1. The average Bonchev–Trinajstić information content (AvgIpc) is 3.29. The smallest absolute Gasteiger partial charge is 0.332 e. The number of carbonyl (C=O) groups excluding carboxylic acids is 3. The van der Waals surface area contributed by atoms with Crippen molar-refractivity contribution in [2.75, 3.05) is 44.7 Å². The highest BCUT2D eigenvalue weighted by molar-refractivity contribution is 6.35. The topological polar surface area (TPSA) is 117 Å². The monoisotopic (exact) mass is 515 g/mol. The molecule has 2 atom stereocenters. The number of hydrogen-bond acceptors (Lipinski definition) is 6. The second-order valence-electron chi connectivity index (χ2n) is 8.56. The van der Waals surface area contributed by atoms with Crippen molar-refractivity contribution in [1.29, 1.82) is 5.26 Å². The maximum atomic E-state index is 14.0. The Balaban J connectivity index is 1.75. The lowest BCUT2D eigenvalue weighted by molar-refractivity contribution is -0.126. The third kappa shape index (κ3) is 4.46. The molecule has 4 amide bonds. The number of nitriles is 1. The van der Waals surface area contributed by atoms with Crippen LogP contribution in [0.2, 0.25) is 10.0 Å². The third-order valence-corrected chi connectivity index (χ3v) is 6.92. The summed E-state index contributed by atoms with van der Waals surface area (Å²) in [5.74, 6) is -1.22. The summed E-state index contributed by atoms with van der Waals surface area (Å²) in [6.45, 7) is 0.378. The summed E-state index contributed by atoms with van der Waals surface area (Å²) in [6, 6.07) is 12.9. The zero-order valence-corrected chi connectivity index (χ0v) is 20.4. The van der Waals surface area contributed by atoms with Gasteiger partial charge >= 0.3 is 6.03 Å². The largest absolute Gasteiger partial charge is 0.395 e. The maximum Gasteiger partial charge on any atom is 0.332 e. The first kappa shape index (κ1) is 24.9. The summed E-state index contributed by atoms with van der Waals surface area (Å²) in [7, 11) is 1.57. The summed E-state index contributed by atoms with van der Waals surface area (Å²) < 4.78 is 0. The summed E-state index contributed by atoms with van der Waals surface area (Å²) >= 11 is 12.3. The summed E-state index contributed by atoms with van der Waals surface area (Å²) in [5, 5.41) is 21.4. The van der Waals surface area contributed by atoms with Crippen molar-refractivity contribution in [2.45, 2.75) is 11.5 Å². The van der Waals surface area contributed by atoms with Crippen LogP contribution < -0.4 is 10.2 Å². The number of nitrogens with one attached hydrogen (secondary N) is 1. The quantitative estimate of drug-likeness (QED) is 0.569. The fraction of sp³-hybridized carbons (Fsp3) is 0.333. The molecule has 9 nitrogen and oxygen atoms in total. The molecule has 2 aromatic rings. The molecule has 0 saturated carbocycles.